The number of nitrogens with two attached hydrogens (primary N) is 2. The molecule has 1 rings (SSSR count). The lowest BCUT2D eigenvalue weighted by molar-refractivity contribution is 0.146. The van der Waals surface area contributed by atoms with E-state index in [1.54, 1.807) is 0 Å². The third-order valence-corrected chi connectivity index (χ3v) is 2.46. The molecule has 1 aromatic rings. The van der Waals surface area contributed by atoms with Gasteiger partial charge >= 0.3 is 0 Å². The SMILES string of the molecule is Nc1nc(C(F)F)cc(S(N)(=O)=O)c1O. The van der Waals surface area contributed by atoms with E-state index in [2.05, 4.69) is 10.1 Å². The summed E-state index contributed by atoms with van der Waals surface area (Å²) < 4.78 is 46.2. The minimum absolute atomic E-state index is 0.478. The van der Waals surface area contributed by atoms with Crippen LogP contribution in [-0.4, -0.2) is 18.5 Å². The van der Waals surface area contributed by atoms with Gasteiger partial charge in [-0.15, -0.1) is 0 Å². The maximum Gasteiger partial charge on any atom is 0.280 e. The monoisotopic (exact) mass is 239 g/mol. The van der Waals surface area contributed by atoms with Crippen molar-refractivity contribution in [3.05, 3.63) is 11.8 Å². The summed E-state index contributed by atoms with van der Waals surface area (Å²) in [5.41, 5.74) is 4.18. The Morgan fingerprint density at radius 3 is 2.40 bits per heavy atom. The van der Waals surface area contributed by atoms with Crippen molar-refractivity contribution in [3.63, 3.8) is 0 Å². The van der Waals surface area contributed by atoms with E-state index in [1.165, 1.54) is 0 Å². The van der Waals surface area contributed by atoms with Crippen LogP contribution in [0.2, 0.25) is 0 Å². The third kappa shape index (κ3) is 2.30. The molecule has 0 radical (unpaired) electrons. The minimum atomic E-state index is -4.32. The average Bonchev–Trinajstić information content (AvgIpc) is 2.06. The number of aromatic hydroxyl groups is 1. The maximum atomic E-state index is 12.2. The van der Waals surface area contributed by atoms with Crippen LogP contribution in [0.5, 0.6) is 5.75 Å². The van der Waals surface area contributed by atoms with Gasteiger partial charge in [0.2, 0.25) is 10.0 Å². The van der Waals surface area contributed by atoms with Crippen molar-refractivity contribution in [2.24, 2.45) is 5.14 Å². The predicted molar refractivity (Wildman–Crippen MR) is 46.6 cm³/mol. The van der Waals surface area contributed by atoms with E-state index in [0.29, 0.717) is 6.07 Å². The Hall–Kier alpha value is -1.48. The number of pyridine rings is 1. The van der Waals surface area contributed by atoms with E-state index < -0.39 is 38.6 Å². The summed E-state index contributed by atoms with van der Waals surface area (Å²) in [5, 5.41) is 13.8. The number of sulfonamides is 1. The van der Waals surface area contributed by atoms with Gasteiger partial charge < -0.3 is 10.8 Å². The number of aromatic nitrogens is 1. The second kappa shape index (κ2) is 3.59. The second-order valence-corrected chi connectivity index (χ2v) is 4.15. The van der Waals surface area contributed by atoms with Crippen molar-refractivity contribution in [1.82, 2.24) is 4.98 Å². The summed E-state index contributed by atoms with van der Waals surface area (Å²) in [4.78, 5) is 2.23. The fraction of sp³-hybridized carbons (Fsp3) is 0.167. The molecule has 1 heterocycles. The fourth-order valence-electron chi connectivity index (χ4n) is 0.882. The Labute approximate surface area is 83.6 Å². The van der Waals surface area contributed by atoms with E-state index in [0.717, 1.165) is 0 Å². The Balaban J connectivity index is 3.52. The number of alkyl halides is 2. The molecular formula is C6H7F2N3O3S. The first-order valence-corrected chi connectivity index (χ1v) is 5.08. The van der Waals surface area contributed by atoms with Gasteiger partial charge in [0.05, 0.1) is 0 Å². The molecule has 15 heavy (non-hydrogen) atoms. The Kier molecular flexibility index (Phi) is 2.77. The molecule has 0 spiro atoms. The Bertz CT molecular complexity index is 489. The number of hydrogen-bond acceptors (Lipinski definition) is 5. The summed E-state index contributed by atoms with van der Waals surface area (Å²) in [6.45, 7) is 0. The number of anilines is 1. The molecule has 6 nitrogen and oxygen atoms in total. The van der Waals surface area contributed by atoms with Gasteiger partial charge in [0.25, 0.3) is 6.43 Å². The van der Waals surface area contributed by atoms with Gasteiger partial charge in [-0.3, -0.25) is 0 Å². The van der Waals surface area contributed by atoms with Crippen molar-refractivity contribution in [3.8, 4) is 5.75 Å². The molecule has 0 saturated carbocycles. The first kappa shape index (κ1) is 11.6. The summed E-state index contributed by atoms with van der Waals surface area (Å²) in [5.74, 6) is -1.64. The molecule has 5 N–H and O–H groups in total. The highest BCUT2D eigenvalue weighted by Crippen LogP contribution is 2.30. The number of nitrogen functional groups attached to an aromatic ring is 1. The molecule has 0 amide bonds. The number of halogens is 2. The highest BCUT2D eigenvalue weighted by atomic mass is 32.2. The second-order valence-electron chi connectivity index (χ2n) is 2.62. The standard InChI is InChI=1S/C6H7F2N3O3S/c7-5(8)2-1-3(15(10,13)14)4(12)6(9)11-2/h1,5,12H,(H2,9,11)(H2,10,13,14). The van der Waals surface area contributed by atoms with Crippen LogP contribution in [0.3, 0.4) is 0 Å². The lowest BCUT2D eigenvalue weighted by Gasteiger charge is -2.07. The van der Waals surface area contributed by atoms with Gasteiger partial charge in [0.15, 0.2) is 11.6 Å². The van der Waals surface area contributed by atoms with Crippen molar-refractivity contribution in [2.75, 3.05) is 5.73 Å². The summed E-state index contributed by atoms with van der Waals surface area (Å²) in [6.07, 6.45) is -3.01. The van der Waals surface area contributed by atoms with Crippen molar-refractivity contribution < 1.29 is 22.3 Å². The van der Waals surface area contributed by atoms with Crippen molar-refractivity contribution >= 4 is 15.8 Å². The molecule has 0 bridgehead atoms. The van der Waals surface area contributed by atoms with Gasteiger partial charge in [-0.25, -0.2) is 27.3 Å². The van der Waals surface area contributed by atoms with Gasteiger partial charge in [-0.1, -0.05) is 0 Å². The normalized spacial score (nSPS) is 12.0. The largest absolute Gasteiger partial charge is 0.503 e. The molecule has 0 unspecified atom stereocenters. The quantitative estimate of drug-likeness (QED) is 0.668. The zero-order valence-corrected chi connectivity index (χ0v) is 8.00. The van der Waals surface area contributed by atoms with E-state index in [1.807, 2.05) is 0 Å². The summed E-state index contributed by atoms with van der Waals surface area (Å²) in [7, 11) is -4.32. The lowest BCUT2D eigenvalue weighted by atomic mass is 10.3. The van der Waals surface area contributed by atoms with Gasteiger partial charge in [-0.05, 0) is 6.07 Å². The summed E-state index contributed by atoms with van der Waals surface area (Å²) >= 11 is 0. The molecule has 0 atom stereocenters. The molecule has 0 fully saturated rings. The third-order valence-electron chi connectivity index (χ3n) is 1.53. The van der Waals surface area contributed by atoms with E-state index in [9.17, 15) is 17.2 Å². The van der Waals surface area contributed by atoms with Gasteiger partial charge in [0, 0.05) is 0 Å². The van der Waals surface area contributed by atoms with Crippen LogP contribution >= 0.6 is 0 Å². The van der Waals surface area contributed by atoms with Crippen LogP contribution in [0.25, 0.3) is 0 Å². The minimum Gasteiger partial charge on any atom is -0.503 e. The van der Waals surface area contributed by atoms with Crippen LogP contribution < -0.4 is 10.9 Å². The maximum absolute atomic E-state index is 12.2. The van der Waals surface area contributed by atoms with Crippen LogP contribution in [-0.2, 0) is 10.0 Å². The Morgan fingerprint density at radius 1 is 1.47 bits per heavy atom. The Morgan fingerprint density at radius 2 is 2.00 bits per heavy atom. The number of rotatable bonds is 2. The van der Waals surface area contributed by atoms with E-state index in [-0.39, 0.29) is 0 Å². The van der Waals surface area contributed by atoms with Gasteiger partial charge in [-0.2, -0.15) is 0 Å². The fourth-order valence-corrected chi connectivity index (χ4v) is 1.54. The molecule has 1 aromatic heterocycles. The van der Waals surface area contributed by atoms with E-state index >= 15 is 0 Å². The molecule has 0 aliphatic rings. The molecule has 0 saturated heterocycles. The first-order valence-electron chi connectivity index (χ1n) is 3.54. The smallest absolute Gasteiger partial charge is 0.280 e. The van der Waals surface area contributed by atoms with Crippen molar-refractivity contribution in [2.45, 2.75) is 11.3 Å². The average molecular weight is 239 g/mol. The van der Waals surface area contributed by atoms with Crippen LogP contribution in [0.15, 0.2) is 11.0 Å². The highest BCUT2D eigenvalue weighted by molar-refractivity contribution is 7.89. The molecule has 0 aliphatic carbocycles. The number of nitrogens with zero attached hydrogens (tertiary/aromatic N) is 1. The number of hydrogen-bond donors (Lipinski definition) is 3. The van der Waals surface area contributed by atoms with Crippen LogP contribution in [0.1, 0.15) is 12.1 Å². The van der Waals surface area contributed by atoms with Crippen LogP contribution in [0, 0.1) is 0 Å². The molecule has 84 valence electrons. The first-order chi connectivity index (χ1) is 6.73. The highest BCUT2D eigenvalue weighted by Gasteiger charge is 2.21. The summed E-state index contributed by atoms with van der Waals surface area (Å²) in [6, 6.07) is 0.478. The van der Waals surface area contributed by atoms with Crippen LogP contribution in [0.4, 0.5) is 14.6 Å². The lowest BCUT2D eigenvalue weighted by Crippen LogP contribution is -2.14. The molecule has 0 aromatic carbocycles. The zero-order chi connectivity index (χ0) is 11.8. The van der Waals surface area contributed by atoms with Gasteiger partial charge in [0.1, 0.15) is 10.6 Å². The van der Waals surface area contributed by atoms with Crippen molar-refractivity contribution in [1.29, 1.82) is 0 Å². The van der Waals surface area contributed by atoms with E-state index in [4.69, 9.17) is 10.8 Å². The predicted octanol–water partition coefficient (Wildman–Crippen LogP) is -0.0456. The molecular weight excluding hydrogens is 232 g/mol. The topological polar surface area (TPSA) is 119 Å². The number of primary sulfonamides is 1. The molecule has 9 heteroatoms. The molecule has 0 aliphatic heterocycles. The zero-order valence-electron chi connectivity index (χ0n) is 7.18.